The van der Waals surface area contributed by atoms with Crippen LogP contribution in [0.2, 0.25) is 0 Å². The van der Waals surface area contributed by atoms with Gasteiger partial charge in [-0.2, -0.15) is 0 Å². The number of nitrogens with zero attached hydrogens (tertiary/aromatic N) is 2. The Morgan fingerprint density at radius 2 is 2.07 bits per heavy atom. The third kappa shape index (κ3) is 2.98. The zero-order valence-electron chi connectivity index (χ0n) is 14.8. The number of H-pyrrole nitrogens is 1. The molecule has 6 heteroatoms. The zero-order chi connectivity index (χ0) is 18.2. The molecule has 0 spiro atoms. The minimum Gasteiger partial charge on any atom is -0.494 e. The Morgan fingerprint density at radius 3 is 2.96 bits per heavy atom. The van der Waals surface area contributed by atoms with Crippen LogP contribution in [0.5, 0.6) is 5.88 Å². The van der Waals surface area contributed by atoms with Crippen molar-refractivity contribution in [2.75, 3.05) is 18.5 Å². The van der Waals surface area contributed by atoms with Crippen LogP contribution >= 0.6 is 0 Å². The van der Waals surface area contributed by atoms with Crippen molar-refractivity contribution in [3.05, 3.63) is 52.5 Å². The van der Waals surface area contributed by atoms with Crippen LogP contribution in [0.25, 0.3) is 17.0 Å². The molecule has 3 N–H and O–H groups in total. The molecule has 0 saturated carbocycles. The highest BCUT2D eigenvalue weighted by molar-refractivity contribution is 6.01. The van der Waals surface area contributed by atoms with Crippen LogP contribution in [0.3, 0.4) is 0 Å². The highest BCUT2D eigenvalue weighted by Gasteiger charge is 2.17. The maximum Gasteiger partial charge on any atom is 0.196 e. The molecular formula is C21H20N4O2. The molecule has 1 aromatic heterocycles. The fourth-order valence-corrected chi connectivity index (χ4v) is 3.75. The summed E-state index contributed by atoms with van der Waals surface area (Å²) in [5, 5.41) is 17.0. The molecule has 2 aliphatic heterocycles. The number of hydrogen-bond acceptors (Lipinski definition) is 5. The Bertz CT molecular complexity index is 1160. The Morgan fingerprint density at radius 1 is 1.19 bits per heavy atom. The van der Waals surface area contributed by atoms with Crippen molar-refractivity contribution in [1.29, 1.82) is 0 Å². The van der Waals surface area contributed by atoms with Crippen LogP contribution in [-0.4, -0.2) is 35.7 Å². The first-order valence-corrected chi connectivity index (χ1v) is 9.18. The van der Waals surface area contributed by atoms with Gasteiger partial charge in [-0.15, -0.1) is 0 Å². The van der Waals surface area contributed by atoms with E-state index in [-0.39, 0.29) is 5.88 Å². The van der Waals surface area contributed by atoms with Crippen molar-refractivity contribution in [3.63, 3.8) is 0 Å². The van der Waals surface area contributed by atoms with Gasteiger partial charge in [0.1, 0.15) is 6.34 Å². The number of anilines is 1. The number of nitrogens with one attached hydrogen (secondary N) is 2. The molecule has 27 heavy (non-hydrogen) atoms. The summed E-state index contributed by atoms with van der Waals surface area (Å²) in [5.74, 6) is 0.167. The summed E-state index contributed by atoms with van der Waals surface area (Å²) in [6.45, 7) is 1.57. The molecule has 3 aromatic rings. The van der Waals surface area contributed by atoms with E-state index in [0.29, 0.717) is 6.04 Å². The highest BCUT2D eigenvalue weighted by atomic mass is 16.5. The number of benzene rings is 2. The maximum absolute atomic E-state index is 10.5. The lowest BCUT2D eigenvalue weighted by Crippen LogP contribution is -2.27. The van der Waals surface area contributed by atoms with Crippen LogP contribution in [0.4, 0.5) is 11.4 Å². The van der Waals surface area contributed by atoms with Gasteiger partial charge in [-0.25, -0.2) is 9.98 Å². The summed E-state index contributed by atoms with van der Waals surface area (Å²) < 4.78 is 5.46. The lowest BCUT2D eigenvalue weighted by Gasteiger charge is -2.24. The van der Waals surface area contributed by atoms with Gasteiger partial charge in [-0.1, -0.05) is 12.1 Å². The summed E-state index contributed by atoms with van der Waals surface area (Å²) >= 11 is 0. The number of hydrogen-bond donors (Lipinski definition) is 3. The fourth-order valence-electron chi connectivity index (χ4n) is 3.75. The van der Waals surface area contributed by atoms with Crippen molar-refractivity contribution in [2.24, 2.45) is 9.98 Å². The number of aliphatic imine (C=N–C) groups is 1. The summed E-state index contributed by atoms with van der Waals surface area (Å²) in [6.07, 6.45) is 5.52. The first-order valence-electron chi connectivity index (χ1n) is 9.18. The number of ether oxygens (including phenoxy) is 1. The Labute approximate surface area is 155 Å². The average Bonchev–Trinajstić information content (AvgIpc) is 3.27. The monoisotopic (exact) mass is 360 g/mol. The number of aromatic amines is 1. The largest absolute Gasteiger partial charge is 0.494 e. The number of fused-ring (bicyclic) bond motifs is 2. The van der Waals surface area contributed by atoms with Crippen molar-refractivity contribution < 1.29 is 9.84 Å². The topological polar surface area (TPSA) is 82.0 Å². The second-order valence-corrected chi connectivity index (χ2v) is 6.91. The van der Waals surface area contributed by atoms with Gasteiger partial charge in [-0.05, 0) is 48.4 Å². The van der Waals surface area contributed by atoms with Crippen molar-refractivity contribution >= 4 is 34.7 Å². The molecule has 0 unspecified atom stereocenters. The molecule has 2 aliphatic rings. The normalized spacial score (nSPS) is 17.3. The van der Waals surface area contributed by atoms with Gasteiger partial charge < -0.3 is 20.1 Å². The van der Waals surface area contributed by atoms with Crippen molar-refractivity contribution in [2.45, 2.75) is 18.9 Å². The van der Waals surface area contributed by atoms with E-state index in [1.807, 2.05) is 36.4 Å². The molecule has 5 rings (SSSR count). The molecule has 0 bridgehead atoms. The van der Waals surface area contributed by atoms with Gasteiger partial charge in [0.25, 0.3) is 0 Å². The second-order valence-electron chi connectivity index (χ2n) is 6.91. The molecule has 136 valence electrons. The van der Waals surface area contributed by atoms with E-state index in [1.54, 1.807) is 6.34 Å². The minimum atomic E-state index is 0.167. The molecule has 0 atom stereocenters. The van der Waals surface area contributed by atoms with E-state index in [9.17, 15) is 5.11 Å². The molecule has 2 aromatic carbocycles. The van der Waals surface area contributed by atoms with E-state index in [0.717, 1.165) is 64.5 Å². The van der Waals surface area contributed by atoms with Gasteiger partial charge in [0.2, 0.25) is 0 Å². The first kappa shape index (κ1) is 16.1. The van der Waals surface area contributed by atoms with Gasteiger partial charge >= 0.3 is 0 Å². The quantitative estimate of drug-likeness (QED) is 0.671. The Balaban J connectivity index is 1.61. The number of aromatic nitrogens is 1. The van der Waals surface area contributed by atoms with Crippen molar-refractivity contribution in [1.82, 2.24) is 4.98 Å². The van der Waals surface area contributed by atoms with Gasteiger partial charge in [0.05, 0.1) is 16.6 Å². The van der Waals surface area contributed by atoms with Crippen LogP contribution in [0, 0.1) is 0 Å². The molecule has 3 heterocycles. The predicted octanol–water partition coefficient (Wildman–Crippen LogP) is 2.59. The number of rotatable bonds is 3. The smallest absolute Gasteiger partial charge is 0.196 e. The Hall–Kier alpha value is -3.12. The maximum atomic E-state index is 10.5. The lowest BCUT2D eigenvalue weighted by atomic mass is 10.1. The van der Waals surface area contributed by atoms with Crippen LogP contribution < -0.4 is 15.9 Å². The lowest BCUT2D eigenvalue weighted by molar-refractivity contribution is 0.0905. The third-order valence-electron chi connectivity index (χ3n) is 5.13. The molecular weight excluding hydrogens is 340 g/mol. The van der Waals surface area contributed by atoms with Gasteiger partial charge in [0.15, 0.2) is 5.88 Å². The van der Waals surface area contributed by atoms with E-state index in [1.165, 1.54) is 0 Å². The fraction of sp³-hybridized carbons (Fsp3) is 0.238. The highest BCUT2D eigenvalue weighted by Crippen LogP contribution is 2.34. The SMILES string of the molecule is Oc1[nH]c2cccc(NC3CCOCC3)c2c1/C=c1\ccc2c(c1)N=CN=2. The number of aromatic hydroxyl groups is 1. The summed E-state index contributed by atoms with van der Waals surface area (Å²) in [4.78, 5) is 11.6. The van der Waals surface area contributed by atoms with Gasteiger partial charge in [0, 0.05) is 35.9 Å². The molecule has 0 amide bonds. The van der Waals surface area contributed by atoms with Crippen molar-refractivity contribution in [3.8, 4) is 5.88 Å². The standard InChI is InChI=1S/C21H20N4O2/c26-21-15(10-13-4-5-16-19(11-13)23-12-22-16)20-17(2-1-3-18(20)25-21)24-14-6-8-27-9-7-14/h1-5,10-12,14,24-26H,6-9H2/b13-10+. The molecule has 0 aliphatic carbocycles. The predicted molar refractivity (Wildman–Crippen MR) is 106 cm³/mol. The van der Waals surface area contributed by atoms with Gasteiger partial charge in [-0.3, -0.25) is 0 Å². The van der Waals surface area contributed by atoms with E-state index >= 15 is 0 Å². The second kappa shape index (κ2) is 6.55. The summed E-state index contributed by atoms with van der Waals surface area (Å²) in [5.41, 5.74) is 3.56. The van der Waals surface area contributed by atoms with Crippen LogP contribution in [0.15, 0.2) is 46.4 Å². The molecule has 0 radical (unpaired) electrons. The molecule has 1 fully saturated rings. The molecule has 1 saturated heterocycles. The average molecular weight is 360 g/mol. The third-order valence-corrected chi connectivity index (χ3v) is 5.13. The van der Waals surface area contributed by atoms with Crippen LogP contribution in [0.1, 0.15) is 18.4 Å². The summed E-state index contributed by atoms with van der Waals surface area (Å²) in [7, 11) is 0. The van der Waals surface area contributed by atoms with Crippen LogP contribution in [-0.2, 0) is 4.74 Å². The summed E-state index contributed by atoms with van der Waals surface area (Å²) in [6, 6.07) is 12.3. The van der Waals surface area contributed by atoms with E-state index < -0.39 is 0 Å². The van der Waals surface area contributed by atoms with E-state index in [4.69, 9.17) is 4.74 Å². The Kier molecular flexibility index (Phi) is 3.90. The van der Waals surface area contributed by atoms with E-state index in [2.05, 4.69) is 26.4 Å². The minimum absolute atomic E-state index is 0.167. The first-order chi connectivity index (χ1) is 13.3. The molecule has 6 nitrogen and oxygen atoms in total. The zero-order valence-corrected chi connectivity index (χ0v) is 14.8.